The van der Waals surface area contributed by atoms with Gasteiger partial charge in [-0.3, -0.25) is 9.59 Å². The Morgan fingerprint density at radius 3 is 2.50 bits per heavy atom. The van der Waals surface area contributed by atoms with Gasteiger partial charge in [0.1, 0.15) is 6.54 Å². The minimum Gasteiger partial charge on any atom is -0.480 e. The maximum Gasteiger partial charge on any atom is 0.322 e. The van der Waals surface area contributed by atoms with Crippen molar-refractivity contribution in [3.63, 3.8) is 0 Å². The van der Waals surface area contributed by atoms with Crippen LogP contribution in [0.2, 0.25) is 0 Å². The highest BCUT2D eigenvalue weighted by molar-refractivity contribution is 5.86. The van der Waals surface area contributed by atoms with Crippen LogP contribution in [-0.2, 0) is 9.59 Å². The normalized spacial score (nSPS) is 28.1. The SMILES string of the molecule is O=C(O)CNC(=O)CNC(=O)N1CC2CCC(O)C2C1. The molecular weight excluding hydrogens is 266 g/mol. The predicted octanol–water partition coefficient (Wildman–Crippen LogP) is -1.40. The Kier molecular flexibility index (Phi) is 4.43. The number of hydrogen-bond donors (Lipinski definition) is 4. The van der Waals surface area contributed by atoms with E-state index < -0.39 is 18.4 Å². The topological polar surface area (TPSA) is 119 Å². The van der Waals surface area contributed by atoms with Gasteiger partial charge in [-0.2, -0.15) is 0 Å². The molecule has 0 aromatic rings. The van der Waals surface area contributed by atoms with Crippen LogP contribution in [0, 0.1) is 11.8 Å². The van der Waals surface area contributed by atoms with Crippen LogP contribution in [0.1, 0.15) is 12.8 Å². The largest absolute Gasteiger partial charge is 0.480 e. The van der Waals surface area contributed by atoms with E-state index in [1.165, 1.54) is 0 Å². The third kappa shape index (κ3) is 3.38. The first-order valence-corrected chi connectivity index (χ1v) is 6.66. The van der Waals surface area contributed by atoms with Gasteiger partial charge in [-0.1, -0.05) is 0 Å². The molecular formula is C12H19N3O5. The van der Waals surface area contributed by atoms with Crippen LogP contribution in [0.15, 0.2) is 0 Å². The number of fused-ring (bicyclic) bond motifs is 1. The number of amides is 3. The van der Waals surface area contributed by atoms with Gasteiger partial charge in [-0.05, 0) is 18.8 Å². The number of carbonyl (C=O) groups is 3. The molecule has 0 spiro atoms. The molecule has 4 N–H and O–H groups in total. The second-order valence-electron chi connectivity index (χ2n) is 5.30. The van der Waals surface area contributed by atoms with Crippen molar-refractivity contribution in [3.05, 3.63) is 0 Å². The number of carbonyl (C=O) groups excluding carboxylic acids is 2. The molecule has 20 heavy (non-hydrogen) atoms. The van der Waals surface area contributed by atoms with Crippen LogP contribution >= 0.6 is 0 Å². The van der Waals surface area contributed by atoms with Gasteiger partial charge in [0.15, 0.2) is 0 Å². The zero-order valence-electron chi connectivity index (χ0n) is 11.0. The Bertz CT molecular complexity index is 414. The Labute approximate surface area is 116 Å². The molecule has 8 heteroatoms. The zero-order valence-corrected chi connectivity index (χ0v) is 11.0. The summed E-state index contributed by atoms with van der Waals surface area (Å²) in [6.07, 6.45) is 1.38. The van der Waals surface area contributed by atoms with Gasteiger partial charge in [-0.15, -0.1) is 0 Å². The number of aliphatic carboxylic acids is 1. The molecule has 0 aromatic heterocycles. The summed E-state index contributed by atoms with van der Waals surface area (Å²) >= 11 is 0. The summed E-state index contributed by atoms with van der Waals surface area (Å²) in [7, 11) is 0. The number of aliphatic hydroxyl groups excluding tert-OH is 1. The summed E-state index contributed by atoms with van der Waals surface area (Å²) in [6.45, 7) is 0.397. The lowest BCUT2D eigenvalue weighted by molar-refractivity contribution is -0.137. The van der Waals surface area contributed by atoms with Gasteiger partial charge in [-0.25, -0.2) is 4.79 Å². The van der Waals surface area contributed by atoms with Crippen LogP contribution in [-0.4, -0.2) is 65.3 Å². The maximum absolute atomic E-state index is 11.9. The zero-order chi connectivity index (χ0) is 14.7. The molecule has 3 amide bonds. The number of hydrogen-bond acceptors (Lipinski definition) is 4. The van der Waals surface area contributed by atoms with E-state index in [2.05, 4.69) is 10.6 Å². The molecule has 8 nitrogen and oxygen atoms in total. The highest BCUT2D eigenvalue weighted by Crippen LogP contribution is 2.37. The van der Waals surface area contributed by atoms with Gasteiger partial charge >= 0.3 is 12.0 Å². The summed E-state index contributed by atoms with van der Waals surface area (Å²) in [5.74, 6) is -1.19. The van der Waals surface area contributed by atoms with Gasteiger partial charge < -0.3 is 25.7 Å². The Morgan fingerprint density at radius 1 is 1.10 bits per heavy atom. The standard InChI is InChI=1S/C12H19N3O5/c16-9-2-1-7-5-15(6-8(7)9)12(20)14-3-10(17)13-4-11(18)19/h7-9,16H,1-6H2,(H,13,17)(H,14,20)(H,18,19). The van der Waals surface area contributed by atoms with Crippen molar-refractivity contribution in [2.75, 3.05) is 26.2 Å². The second-order valence-corrected chi connectivity index (χ2v) is 5.30. The maximum atomic E-state index is 11.9. The highest BCUT2D eigenvalue weighted by Gasteiger charge is 2.43. The first-order chi connectivity index (χ1) is 9.47. The molecule has 112 valence electrons. The van der Waals surface area contributed by atoms with Gasteiger partial charge in [0, 0.05) is 19.0 Å². The molecule has 0 aromatic carbocycles. The van der Waals surface area contributed by atoms with Gasteiger partial charge in [0.05, 0.1) is 12.6 Å². The molecule has 1 aliphatic carbocycles. The van der Waals surface area contributed by atoms with Crippen molar-refractivity contribution >= 4 is 17.9 Å². The highest BCUT2D eigenvalue weighted by atomic mass is 16.4. The molecule has 3 unspecified atom stereocenters. The predicted molar refractivity (Wildman–Crippen MR) is 67.8 cm³/mol. The van der Waals surface area contributed by atoms with Crippen molar-refractivity contribution in [2.24, 2.45) is 11.8 Å². The fraction of sp³-hybridized carbons (Fsp3) is 0.750. The Hall–Kier alpha value is -1.83. The van der Waals surface area contributed by atoms with Crippen molar-refractivity contribution in [3.8, 4) is 0 Å². The number of aliphatic hydroxyl groups is 1. The van der Waals surface area contributed by atoms with Crippen LogP contribution < -0.4 is 10.6 Å². The molecule has 3 atom stereocenters. The van der Waals surface area contributed by atoms with Crippen molar-refractivity contribution in [2.45, 2.75) is 18.9 Å². The summed E-state index contributed by atoms with van der Waals surface area (Å²) in [4.78, 5) is 35.0. The molecule has 0 radical (unpaired) electrons. The lowest BCUT2D eigenvalue weighted by atomic mass is 10.00. The fourth-order valence-electron chi connectivity index (χ4n) is 2.91. The first kappa shape index (κ1) is 14.6. The molecule has 1 heterocycles. The number of nitrogens with zero attached hydrogens (tertiary/aromatic N) is 1. The molecule has 0 bridgehead atoms. The second kappa shape index (κ2) is 6.08. The van der Waals surface area contributed by atoms with Crippen LogP contribution in [0.5, 0.6) is 0 Å². The van der Waals surface area contributed by atoms with E-state index in [4.69, 9.17) is 5.11 Å². The van der Waals surface area contributed by atoms with Gasteiger partial charge in [0.25, 0.3) is 0 Å². The first-order valence-electron chi connectivity index (χ1n) is 6.66. The number of carboxylic acids is 1. The molecule has 2 aliphatic rings. The van der Waals surface area contributed by atoms with E-state index in [1.54, 1.807) is 4.90 Å². The van der Waals surface area contributed by atoms with Crippen molar-refractivity contribution in [1.82, 2.24) is 15.5 Å². The van der Waals surface area contributed by atoms with Crippen LogP contribution in [0.4, 0.5) is 4.79 Å². The van der Waals surface area contributed by atoms with Gasteiger partial charge in [0.2, 0.25) is 5.91 Å². The lowest BCUT2D eigenvalue weighted by Gasteiger charge is -2.18. The van der Waals surface area contributed by atoms with E-state index in [0.717, 1.165) is 12.8 Å². The summed E-state index contributed by atoms with van der Waals surface area (Å²) in [6, 6.07) is -0.350. The monoisotopic (exact) mass is 285 g/mol. The summed E-state index contributed by atoms with van der Waals surface area (Å²) in [5.41, 5.74) is 0. The third-order valence-corrected chi connectivity index (χ3v) is 3.94. The number of rotatable bonds is 4. The van der Waals surface area contributed by atoms with Crippen LogP contribution in [0.25, 0.3) is 0 Å². The molecule has 2 fully saturated rings. The minimum atomic E-state index is -1.13. The van der Waals surface area contributed by atoms with E-state index in [0.29, 0.717) is 19.0 Å². The number of nitrogens with one attached hydrogen (secondary N) is 2. The minimum absolute atomic E-state index is 0.140. The number of urea groups is 1. The third-order valence-electron chi connectivity index (χ3n) is 3.94. The van der Waals surface area contributed by atoms with E-state index >= 15 is 0 Å². The average molecular weight is 285 g/mol. The molecule has 1 saturated carbocycles. The quantitative estimate of drug-likeness (QED) is 0.506. The van der Waals surface area contributed by atoms with E-state index in [-0.39, 0.29) is 24.6 Å². The molecule has 2 rings (SSSR count). The van der Waals surface area contributed by atoms with E-state index in [9.17, 15) is 19.5 Å². The number of likely N-dealkylation sites (tertiary alicyclic amines) is 1. The fourth-order valence-corrected chi connectivity index (χ4v) is 2.91. The van der Waals surface area contributed by atoms with Crippen molar-refractivity contribution < 1.29 is 24.6 Å². The summed E-state index contributed by atoms with van der Waals surface area (Å²) in [5, 5.41) is 22.8. The molecule has 1 aliphatic heterocycles. The summed E-state index contributed by atoms with van der Waals surface area (Å²) < 4.78 is 0. The van der Waals surface area contributed by atoms with E-state index in [1.807, 2.05) is 0 Å². The van der Waals surface area contributed by atoms with Crippen molar-refractivity contribution in [1.29, 1.82) is 0 Å². The Balaban J connectivity index is 1.71. The molecule has 1 saturated heterocycles. The average Bonchev–Trinajstić information content (AvgIpc) is 2.96. The smallest absolute Gasteiger partial charge is 0.322 e. The number of carboxylic acid groups (broad SMARTS) is 1. The Morgan fingerprint density at radius 2 is 1.85 bits per heavy atom. The van der Waals surface area contributed by atoms with Crippen LogP contribution in [0.3, 0.4) is 0 Å². The lowest BCUT2D eigenvalue weighted by Crippen LogP contribution is -2.44.